The predicted molar refractivity (Wildman–Crippen MR) is 114 cm³/mol. The average molecular weight is 384 g/mol. The van der Waals surface area contributed by atoms with Crippen molar-refractivity contribution < 1.29 is 4.21 Å². The molecule has 2 N–H and O–H groups in total. The lowest BCUT2D eigenvalue weighted by atomic mass is 9.77. The molecule has 5 heteroatoms. The van der Waals surface area contributed by atoms with Crippen molar-refractivity contribution in [1.29, 1.82) is 0 Å². The summed E-state index contributed by atoms with van der Waals surface area (Å²) in [5.74, 6) is 1.17. The van der Waals surface area contributed by atoms with Crippen molar-refractivity contribution in [2.24, 2.45) is 5.92 Å². The third kappa shape index (κ3) is 3.63. The summed E-state index contributed by atoms with van der Waals surface area (Å²) in [6.45, 7) is 5.61. The van der Waals surface area contributed by atoms with Gasteiger partial charge in [-0.3, -0.25) is 0 Å². The van der Waals surface area contributed by atoms with Gasteiger partial charge in [-0.15, -0.1) is 0 Å². The second kappa shape index (κ2) is 8.03. The highest BCUT2D eigenvalue weighted by atomic mass is 32.2. The molecule has 2 heterocycles. The van der Waals surface area contributed by atoms with Crippen LogP contribution in [0.25, 0.3) is 0 Å². The lowest BCUT2D eigenvalue weighted by Gasteiger charge is -2.44. The first-order valence-electron chi connectivity index (χ1n) is 10.0. The zero-order chi connectivity index (χ0) is 18.8. The maximum Gasteiger partial charge on any atom is 0.150 e. The van der Waals surface area contributed by atoms with E-state index in [0.717, 1.165) is 36.6 Å². The fourth-order valence-electron chi connectivity index (χ4n) is 4.68. The van der Waals surface area contributed by atoms with Gasteiger partial charge in [-0.2, -0.15) is 0 Å². The zero-order valence-electron chi connectivity index (χ0n) is 16.2. The summed E-state index contributed by atoms with van der Waals surface area (Å²) in [5, 5.41) is 3.40. The van der Waals surface area contributed by atoms with Gasteiger partial charge in [0.2, 0.25) is 0 Å². The summed E-state index contributed by atoms with van der Waals surface area (Å²) in [6, 6.07) is 14.1. The van der Waals surface area contributed by atoms with E-state index in [1.807, 2.05) is 37.4 Å². The largest absolute Gasteiger partial charge is 0.371 e. The quantitative estimate of drug-likeness (QED) is 0.795. The van der Waals surface area contributed by atoms with Gasteiger partial charge in [0.25, 0.3) is 0 Å². The number of aryl methyl sites for hydroxylation is 1. The molecular weight excluding hydrogens is 354 g/mol. The fourth-order valence-corrected chi connectivity index (χ4v) is 5.53. The van der Waals surface area contributed by atoms with Gasteiger partial charge in [-0.05, 0) is 61.2 Å². The lowest BCUT2D eigenvalue weighted by Crippen LogP contribution is -2.43. The molecule has 2 aliphatic rings. The van der Waals surface area contributed by atoms with E-state index < -0.39 is 11.0 Å². The molecule has 0 aromatic heterocycles. The summed E-state index contributed by atoms with van der Waals surface area (Å²) >= 11 is 0. The second-order valence-electron chi connectivity index (χ2n) is 7.64. The Labute approximate surface area is 164 Å². The molecule has 0 aliphatic carbocycles. The van der Waals surface area contributed by atoms with E-state index in [9.17, 15) is 4.21 Å². The minimum Gasteiger partial charge on any atom is -0.371 e. The van der Waals surface area contributed by atoms with Gasteiger partial charge >= 0.3 is 0 Å². The van der Waals surface area contributed by atoms with Crippen molar-refractivity contribution in [1.82, 2.24) is 5.32 Å². The Morgan fingerprint density at radius 1 is 1.22 bits per heavy atom. The molecule has 2 aromatic rings. The minimum atomic E-state index is -1.24. The van der Waals surface area contributed by atoms with Crippen LogP contribution in [0.4, 0.5) is 11.4 Å². The second-order valence-corrected chi connectivity index (χ2v) is 8.85. The molecule has 0 radical (unpaired) electrons. The highest BCUT2D eigenvalue weighted by Crippen LogP contribution is 2.45. The molecule has 144 valence electrons. The molecule has 0 saturated heterocycles. The number of nitrogens with zero attached hydrogens (tertiary/aromatic N) is 1. The first kappa shape index (κ1) is 18.5. The molecule has 3 atom stereocenters. The van der Waals surface area contributed by atoms with E-state index >= 15 is 0 Å². The third-order valence-corrected chi connectivity index (χ3v) is 7.07. The predicted octanol–water partition coefficient (Wildman–Crippen LogP) is 3.92. The van der Waals surface area contributed by atoms with Gasteiger partial charge < -0.3 is 14.9 Å². The van der Waals surface area contributed by atoms with Gasteiger partial charge in [-0.25, -0.2) is 4.21 Å². The van der Waals surface area contributed by atoms with Crippen LogP contribution in [0.5, 0.6) is 0 Å². The Balaban J connectivity index is 1.71. The van der Waals surface area contributed by atoms with Crippen molar-refractivity contribution in [2.75, 3.05) is 36.3 Å². The van der Waals surface area contributed by atoms with E-state index in [-0.39, 0.29) is 0 Å². The van der Waals surface area contributed by atoms with Crippen LogP contribution in [0.3, 0.4) is 0 Å². The Bertz CT molecular complexity index is 824. The Hall–Kier alpha value is -1.85. The maximum atomic E-state index is 12.8. The Kier molecular flexibility index (Phi) is 5.50. The van der Waals surface area contributed by atoms with Crippen LogP contribution in [-0.2, 0) is 17.4 Å². The first-order chi connectivity index (χ1) is 13.2. The monoisotopic (exact) mass is 383 g/mol. The summed E-state index contributed by atoms with van der Waals surface area (Å²) in [4.78, 5) is 3.40. The normalized spacial score (nSPS) is 22.2. The molecule has 0 amide bonds. The van der Waals surface area contributed by atoms with Gasteiger partial charge in [-0.1, -0.05) is 31.5 Å². The first-order valence-corrected chi connectivity index (χ1v) is 11.2. The lowest BCUT2D eigenvalue weighted by molar-refractivity contribution is 0.374. The van der Waals surface area contributed by atoms with Crippen LogP contribution in [0, 0.1) is 5.92 Å². The van der Waals surface area contributed by atoms with Gasteiger partial charge in [0, 0.05) is 36.9 Å². The maximum absolute atomic E-state index is 12.8. The summed E-state index contributed by atoms with van der Waals surface area (Å²) < 4.78 is 16.0. The van der Waals surface area contributed by atoms with Crippen LogP contribution < -0.4 is 14.9 Å². The van der Waals surface area contributed by atoms with Crippen LogP contribution in [0.2, 0.25) is 0 Å². The molecule has 0 saturated carbocycles. The number of hydrogen-bond donors (Lipinski definition) is 2. The fraction of sp³-hybridized carbons (Fsp3) is 0.455. The summed E-state index contributed by atoms with van der Waals surface area (Å²) in [5.41, 5.74) is 5.25. The van der Waals surface area contributed by atoms with E-state index in [0.29, 0.717) is 11.8 Å². The summed E-state index contributed by atoms with van der Waals surface area (Å²) in [7, 11) is 0.799. The van der Waals surface area contributed by atoms with Crippen molar-refractivity contribution in [3.8, 4) is 0 Å². The van der Waals surface area contributed by atoms with Crippen molar-refractivity contribution in [2.45, 2.75) is 37.0 Å². The van der Waals surface area contributed by atoms with Crippen molar-refractivity contribution >= 4 is 22.4 Å². The highest BCUT2D eigenvalue weighted by molar-refractivity contribution is 7.86. The number of likely N-dealkylation sites (N-methyl/N-ethyl adjacent to an activating group) is 1. The van der Waals surface area contributed by atoms with Gasteiger partial charge in [0.15, 0.2) is 0 Å². The molecule has 0 bridgehead atoms. The smallest absolute Gasteiger partial charge is 0.150 e. The number of rotatable bonds is 6. The van der Waals surface area contributed by atoms with Crippen molar-refractivity contribution in [3.05, 3.63) is 53.6 Å². The SMILES string of the molecule is CCC1CN2CCCc3cc(NS(=O)c4ccccc4)cc(c32)C1CNC. The van der Waals surface area contributed by atoms with Crippen molar-refractivity contribution in [3.63, 3.8) is 0 Å². The summed E-state index contributed by atoms with van der Waals surface area (Å²) in [6.07, 6.45) is 3.49. The number of nitrogens with one attached hydrogen (secondary N) is 2. The molecule has 0 fully saturated rings. The molecular formula is C22H29N3OS. The third-order valence-electron chi connectivity index (χ3n) is 5.95. The molecule has 2 aromatic carbocycles. The number of anilines is 2. The molecule has 4 nitrogen and oxygen atoms in total. The molecule has 27 heavy (non-hydrogen) atoms. The molecule has 4 rings (SSSR count). The van der Waals surface area contributed by atoms with Crippen LogP contribution in [0.1, 0.15) is 36.8 Å². The topological polar surface area (TPSA) is 44.4 Å². The molecule has 3 unspecified atom stereocenters. The van der Waals surface area contributed by atoms with E-state index in [2.05, 4.69) is 34.0 Å². The molecule has 2 aliphatic heterocycles. The van der Waals surface area contributed by atoms with E-state index in [4.69, 9.17) is 0 Å². The van der Waals surface area contributed by atoms with Crippen LogP contribution in [0.15, 0.2) is 47.4 Å². The number of hydrogen-bond acceptors (Lipinski definition) is 3. The number of benzene rings is 2. The van der Waals surface area contributed by atoms with Gasteiger partial charge in [0.05, 0.1) is 4.90 Å². The highest BCUT2D eigenvalue weighted by Gasteiger charge is 2.35. The Morgan fingerprint density at radius 2 is 2.04 bits per heavy atom. The Morgan fingerprint density at radius 3 is 2.78 bits per heavy atom. The van der Waals surface area contributed by atoms with Crippen LogP contribution >= 0.6 is 0 Å². The molecule has 0 spiro atoms. The van der Waals surface area contributed by atoms with E-state index in [1.165, 1.54) is 29.7 Å². The van der Waals surface area contributed by atoms with E-state index in [1.54, 1.807) is 0 Å². The standard InChI is InChI=1S/C22H29N3OS/c1-3-16-15-25-11-7-8-17-12-18(13-20(22(17)25)21(16)14-23-2)24-27(26)19-9-5-4-6-10-19/h4-6,9-10,12-13,16,21,23-24H,3,7-8,11,14-15H2,1-2H3. The zero-order valence-corrected chi connectivity index (χ0v) is 17.0. The van der Waals surface area contributed by atoms with Gasteiger partial charge in [0.1, 0.15) is 11.0 Å². The van der Waals surface area contributed by atoms with Crippen LogP contribution in [-0.4, -0.2) is 30.9 Å². The minimum absolute atomic E-state index is 0.509. The average Bonchev–Trinajstić information content (AvgIpc) is 2.70.